The van der Waals surface area contributed by atoms with Crippen LogP contribution in [0.3, 0.4) is 0 Å². The Kier molecular flexibility index (Phi) is 6.51. The van der Waals surface area contributed by atoms with E-state index in [1.54, 1.807) is 6.07 Å². The van der Waals surface area contributed by atoms with Gasteiger partial charge >= 0.3 is 0 Å². The van der Waals surface area contributed by atoms with Gasteiger partial charge in [0.05, 0.1) is 6.54 Å². The van der Waals surface area contributed by atoms with Crippen molar-refractivity contribution >= 4 is 46.5 Å². The summed E-state index contributed by atoms with van der Waals surface area (Å²) in [6.45, 7) is 1.55. The molecule has 0 saturated carbocycles. The van der Waals surface area contributed by atoms with Crippen molar-refractivity contribution in [2.45, 2.75) is 13.0 Å². The molecule has 0 spiro atoms. The van der Waals surface area contributed by atoms with E-state index in [0.29, 0.717) is 16.6 Å². The van der Waals surface area contributed by atoms with Crippen LogP contribution in [0.1, 0.15) is 11.3 Å². The second-order valence-electron chi connectivity index (χ2n) is 6.21. The van der Waals surface area contributed by atoms with Gasteiger partial charge in [-0.15, -0.1) is 12.4 Å². The van der Waals surface area contributed by atoms with E-state index in [9.17, 15) is 0 Å². The van der Waals surface area contributed by atoms with E-state index >= 15 is 0 Å². The van der Waals surface area contributed by atoms with Crippen molar-refractivity contribution in [2.75, 3.05) is 6.54 Å². The molecule has 0 atom stereocenters. The summed E-state index contributed by atoms with van der Waals surface area (Å²) >= 11 is 12.1. The molecular weight excluding hydrogens is 403 g/mol. The monoisotopic (exact) mass is 420 g/mol. The molecule has 0 saturated heterocycles. The minimum Gasteiger partial charge on any atom is -0.460 e. The molecule has 0 amide bonds. The standard InChI is InChI=1S/C21H18Cl2N2O.ClH/c22-16-9-15(10-17(23)11-16)21-6-5-18(26-21)13-24-8-7-14-12-25-20-4-2-1-3-19(14)20;/h1-6,9-12,24-25H,7-8,13H2;1H. The number of rotatable bonds is 6. The highest BCUT2D eigenvalue weighted by Crippen LogP contribution is 2.28. The van der Waals surface area contributed by atoms with Crippen LogP contribution in [0.4, 0.5) is 0 Å². The number of halogens is 3. The lowest BCUT2D eigenvalue weighted by atomic mass is 10.1. The molecule has 2 heterocycles. The summed E-state index contributed by atoms with van der Waals surface area (Å²) in [6.07, 6.45) is 3.04. The van der Waals surface area contributed by atoms with Crippen LogP contribution >= 0.6 is 35.6 Å². The number of fused-ring (bicyclic) bond motifs is 1. The third-order valence-electron chi connectivity index (χ3n) is 4.35. The summed E-state index contributed by atoms with van der Waals surface area (Å²) in [5, 5.41) is 5.92. The number of para-hydroxylation sites is 1. The molecule has 2 aromatic heterocycles. The molecule has 0 bridgehead atoms. The van der Waals surface area contributed by atoms with Gasteiger partial charge in [0.1, 0.15) is 11.5 Å². The molecular formula is C21H19Cl3N2O. The van der Waals surface area contributed by atoms with Crippen LogP contribution in [0.2, 0.25) is 10.0 Å². The van der Waals surface area contributed by atoms with Crippen molar-refractivity contribution in [1.82, 2.24) is 10.3 Å². The summed E-state index contributed by atoms with van der Waals surface area (Å²) in [4.78, 5) is 3.31. The Bertz CT molecular complexity index is 1020. The smallest absolute Gasteiger partial charge is 0.134 e. The Morgan fingerprint density at radius 3 is 2.56 bits per heavy atom. The molecule has 140 valence electrons. The molecule has 0 aliphatic carbocycles. The van der Waals surface area contributed by atoms with Crippen LogP contribution < -0.4 is 5.32 Å². The van der Waals surface area contributed by atoms with Gasteiger partial charge in [-0.2, -0.15) is 0 Å². The maximum atomic E-state index is 6.06. The Hall–Kier alpha value is -1.91. The van der Waals surface area contributed by atoms with Crippen molar-refractivity contribution in [3.8, 4) is 11.3 Å². The van der Waals surface area contributed by atoms with Gasteiger partial charge < -0.3 is 14.7 Å². The zero-order chi connectivity index (χ0) is 17.9. The molecule has 0 fully saturated rings. The highest BCUT2D eigenvalue weighted by Gasteiger charge is 2.07. The lowest BCUT2D eigenvalue weighted by Crippen LogP contribution is -2.16. The number of benzene rings is 2. The molecule has 4 rings (SSSR count). The summed E-state index contributed by atoms with van der Waals surface area (Å²) in [6, 6.07) is 17.7. The fourth-order valence-electron chi connectivity index (χ4n) is 3.10. The lowest BCUT2D eigenvalue weighted by Gasteiger charge is -2.03. The van der Waals surface area contributed by atoms with E-state index in [-0.39, 0.29) is 12.4 Å². The molecule has 0 unspecified atom stereocenters. The molecule has 4 aromatic rings. The predicted molar refractivity (Wildman–Crippen MR) is 115 cm³/mol. The minimum atomic E-state index is 0. The average Bonchev–Trinajstić information content (AvgIpc) is 3.25. The topological polar surface area (TPSA) is 41.0 Å². The number of furan rings is 1. The first kappa shape index (κ1) is 19.8. The van der Waals surface area contributed by atoms with Crippen LogP contribution in [-0.4, -0.2) is 11.5 Å². The maximum Gasteiger partial charge on any atom is 0.134 e. The normalized spacial score (nSPS) is 10.9. The van der Waals surface area contributed by atoms with Crippen LogP contribution in [0.5, 0.6) is 0 Å². The summed E-state index contributed by atoms with van der Waals surface area (Å²) in [7, 11) is 0. The molecule has 0 radical (unpaired) electrons. The molecule has 0 aliphatic rings. The van der Waals surface area contributed by atoms with Crippen LogP contribution in [0.15, 0.2) is 65.2 Å². The maximum absolute atomic E-state index is 6.06. The van der Waals surface area contributed by atoms with Crippen LogP contribution in [-0.2, 0) is 13.0 Å². The average molecular weight is 422 g/mol. The minimum absolute atomic E-state index is 0. The van der Waals surface area contributed by atoms with Gasteiger partial charge in [-0.3, -0.25) is 0 Å². The number of aromatic amines is 1. The Balaban J connectivity index is 0.00000210. The molecule has 3 nitrogen and oxygen atoms in total. The number of hydrogen-bond acceptors (Lipinski definition) is 2. The largest absolute Gasteiger partial charge is 0.460 e. The highest BCUT2D eigenvalue weighted by atomic mass is 35.5. The fraction of sp³-hybridized carbons (Fsp3) is 0.143. The Labute approximate surface area is 174 Å². The third-order valence-corrected chi connectivity index (χ3v) is 4.79. The van der Waals surface area contributed by atoms with Gasteiger partial charge in [-0.25, -0.2) is 0 Å². The molecule has 2 N–H and O–H groups in total. The molecule has 6 heteroatoms. The van der Waals surface area contributed by atoms with E-state index in [0.717, 1.165) is 30.0 Å². The summed E-state index contributed by atoms with van der Waals surface area (Å²) in [5.41, 5.74) is 3.38. The number of hydrogen-bond donors (Lipinski definition) is 2. The number of nitrogens with one attached hydrogen (secondary N) is 2. The van der Waals surface area contributed by atoms with E-state index < -0.39 is 0 Å². The van der Waals surface area contributed by atoms with Crippen molar-refractivity contribution in [3.63, 3.8) is 0 Å². The van der Waals surface area contributed by atoms with E-state index in [2.05, 4.69) is 34.7 Å². The highest BCUT2D eigenvalue weighted by molar-refractivity contribution is 6.35. The molecule has 27 heavy (non-hydrogen) atoms. The predicted octanol–water partition coefficient (Wildman–Crippen LogP) is 6.49. The Morgan fingerprint density at radius 2 is 1.74 bits per heavy atom. The zero-order valence-electron chi connectivity index (χ0n) is 14.5. The van der Waals surface area contributed by atoms with Crippen molar-refractivity contribution < 1.29 is 4.42 Å². The van der Waals surface area contributed by atoms with Crippen LogP contribution in [0.25, 0.3) is 22.2 Å². The van der Waals surface area contributed by atoms with Gasteiger partial charge in [0.15, 0.2) is 0 Å². The van der Waals surface area contributed by atoms with Gasteiger partial charge in [0, 0.05) is 32.7 Å². The lowest BCUT2D eigenvalue weighted by molar-refractivity contribution is 0.495. The number of H-pyrrole nitrogens is 1. The second-order valence-corrected chi connectivity index (χ2v) is 7.08. The first-order valence-electron chi connectivity index (χ1n) is 8.50. The first-order chi connectivity index (χ1) is 12.7. The van der Waals surface area contributed by atoms with Gasteiger partial charge in [-0.1, -0.05) is 41.4 Å². The fourth-order valence-corrected chi connectivity index (χ4v) is 3.62. The van der Waals surface area contributed by atoms with Crippen molar-refractivity contribution in [2.24, 2.45) is 0 Å². The third kappa shape index (κ3) is 4.69. The molecule has 0 aliphatic heterocycles. The van der Waals surface area contributed by atoms with Crippen molar-refractivity contribution in [3.05, 3.63) is 82.2 Å². The van der Waals surface area contributed by atoms with E-state index in [1.165, 1.54) is 16.5 Å². The summed E-state index contributed by atoms with van der Waals surface area (Å²) in [5.74, 6) is 1.65. The van der Waals surface area contributed by atoms with Gasteiger partial charge in [0.2, 0.25) is 0 Å². The van der Waals surface area contributed by atoms with Gasteiger partial charge in [0.25, 0.3) is 0 Å². The SMILES string of the molecule is Cl.Clc1cc(Cl)cc(-c2ccc(CNCCc3c[nH]c4ccccc34)o2)c1. The summed E-state index contributed by atoms with van der Waals surface area (Å²) < 4.78 is 5.90. The number of aromatic nitrogens is 1. The first-order valence-corrected chi connectivity index (χ1v) is 9.25. The van der Waals surface area contributed by atoms with Gasteiger partial charge in [-0.05, 0) is 54.9 Å². The van der Waals surface area contributed by atoms with E-state index in [1.807, 2.05) is 30.3 Å². The zero-order valence-corrected chi connectivity index (χ0v) is 16.8. The van der Waals surface area contributed by atoms with Crippen LogP contribution in [0, 0.1) is 0 Å². The van der Waals surface area contributed by atoms with Crippen molar-refractivity contribution in [1.29, 1.82) is 0 Å². The van der Waals surface area contributed by atoms with E-state index in [4.69, 9.17) is 27.6 Å². The Morgan fingerprint density at radius 1 is 0.963 bits per heavy atom. The quantitative estimate of drug-likeness (QED) is 0.349. The second kappa shape index (κ2) is 8.85. The molecule has 2 aromatic carbocycles.